The van der Waals surface area contributed by atoms with Crippen molar-refractivity contribution in [3.05, 3.63) is 68.8 Å². The third-order valence-corrected chi connectivity index (χ3v) is 6.24. The summed E-state index contributed by atoms with van der Waals surface area (Å²) in [6.45, 7) is 12.4. The first-order valence-electron chi connectivity index (χ1n) is 10.9. The Hall–Kier alpha value is -0.910. The van der Waals surface area contributed by atoms with Crippen molar-refractivity contribution in [2.75, 3.05) is 20.6 Å². The fourth-order valence-electron chi connectivity index (χ4n) is 4.03. The summed E-state index contributed by atoms with van der Waals surface area (Å²) < 4.78 is 1.36. The average Bonchev–Trinajstić information content (AvgIpc) is 2.61. The molecule has 0 amide bonds. The Balaban J connectivity index is 2.31. The molecule has 0 saturated heterocycles. The summed E-state index contributed by atoms with van der Waals surface area (Å²) in [5.41, 5.74) is 4.32. The zero-order valence-electron chi connectivity index (χ0n) is 19.2. The number of rotatable bonds is 11. The fourth-order valence-corrected chi connectivity index (χ4v) is 4.58. The van der Waals surface area contributed by atoms with E-state index in [9.17, 15) is 0 Å². The van der Waals surface area contributed by atoms with Gasteiger partial charge in [0.05, 0.1) is 0 Å². The van der Waals surface area contributed by atoms with Crippen LogP contribution in [-0.4, -0.2) is 36.5 Å². The van der Waals surface area contributed by atoms with Gasteiger partial charge < -0.3 is 4.90 Å². The third-order valence-electron chi connectivity index (χ3n) is 5.19. The normalized spacial score (nSPS) is 13.1. The third kappa shape index (κ3) is 8.77. The quantitative estimate of drug-likeness (QED) is 0.323. The van der Waals surface area contributed by atoms with Gasteiger partial charge in [0.25, 0.3) is 0 Å². The summed E-state index contributed by atoms with van der Waals surface area (Å²) >= 11 is 2.48. The maximum Gasteiger partial charge on any atom is 0.0251 e. The lowest BCUT2D eigenvalue weighted by Crippen LogP contribution is -2.42. The molecule has 0 aromatic heterocycles. The van der Waals surface area contributed by atoms with E-state index in [2.05, 4.69) is 123 Å². The van der Waals surface area contributed by atoms with Crippen molar-refractivity contribution in [2.24, 2.45) is 11.8 Å². The molecule has 3 heteroatoms. The molecule has 2 aromatic rings. The van der Waals surface area contributed by atoms with E-state index >= 15 is 0 Å². The van der Waals surface area contributed by atoms with Crippen LogP contribution in [0.2, 0.25) is 0 Å². The van der Waals surface area contributed by atoms with Crippen molar-refractivity contribution in [1.82, 2.24) is 9.80 Å². The summed E-state index contributed by atoms with van der Waals surface area (Å²) in [5.74, 6) is 1.37. The minimum absolute atomic E-state index is 0.537. The van der Waals surface area contributed by atoms with Crippen LogP contribution in [-0.2, 0) is 19.5 Å². The van der Waals surface area contributed by atoms with Gasteiger partial charge in [-0.2, -0.15) is 0 Å². The minimum Gasteiger partial charge on any atom is -0.308 e. The van der Waals surface area contributed by atoms with Crippen LogP contribution in [0.25, 0.3) is 0 Å². The van der Waals surface area contributed by atoms with Crippen molar-refractivity contribution in [1.29, 1.82) is 0 Å². The Bertz CT molecular complexity index is 729. The predicted octanol–water partition coefficient (Wildman–Crippen LogP) is 6.47. The summed E-state index contributed by atoms with van der Waals surface area (Å²) in [5, 5.41) is 0. The van der Waals surface area contributed by atoms with Gasteiger partial charge in [0.15, 0.2) is 0 Å². The molecule has 0 unspecified atom stereocenters. The van der Waals surface area contributed by atoms with Crippen LogP contribution in [0.4, 0.5) is 0 Å². The number of hydrogen-bond donors (Lipinski definition) is 0. The van der Waals surface area contributed by atoms with Gasteiger partial charge in [-0.1, -0.05) is 70.2 Å². The van der Waals surface area contributed by atoms with E-state index in [1.54, 1.807) is 0 Å². The number of nitrogens with zero attached hydrogens (tertiary/aromatic N) is 2. The SMILES string of the molecule is CC(C)Cc1cccc(CN(Cc2ccccc2I)[C@@H](CC(C)C)CN(C)C)c1. The van der Waals surface area contributed by atoms with Gasteiger partial charge >= 0.3 is 0 Å². The van der Waals surface area contributed by atoms with Crippen LogP contribution in [0, 0.1) is 15.4 Å². The molecule has 0 aliphatic rings. The maximum atomic E-state index is 2.70. The average molecular weight is 507 g/mol. The smallest absolute Gasteiger partial charge is 0.0251 e. The minimum atomic E-state index is 0.537. The molecule has 0 spiro atoms. The first-order chi connectivity index (χ1) is 13.7. The second-order valence-electron chi connectivity index (χ2n) is 9.46. The number of hydrogen-bond acceptors (Lipinski definition) is 2. The molecule has 29 heavy (non-hydrogen) atoms. The molecular weight excluding hydrogens is 467 g/mol. The van der Waals surface area contributed by atoms with E-state index in [4.69, 9.17) is 0 Å². The predicted molar refractivity (Wildman–Crippen MR) is 135 cm³/mol. The molecule has 160 valence electrons. The zero-order chi connectivity index (χ0) is 21.4. The summed E-state index contributed by atoms with van der Waals surface area (Å²) in [6.07, 6.45) is 2.37. The second-order valence-corrected chi connectivity index (χ2v) is 10.6. The Morgan fingerprint density at radius 1 is 0.828 bits per heavy atom. The molecule has 2 aromatic carbocycles. The van der Waals surface area contributed by atoms with Crippen LogP contribution in [0.1, 0.15) is 50.8 Å². The molecule has 0 radical (unpaired) electrons. The van der Waals surface area contributed by atoms with Gasteiger partial charge in [0.2, 0.25) is 0 Å². The topological polar surface area (TPSA) is 6.48 Å². The second kappa shape index (κ2) is 12.1. The van der Waals surface area contributed by atoms with E-state index in [-0.39, 0.29) is 0 Å². The lowest BCUT2D eigenvalue weighted by molar-refractivity contribution is 0.127. The standard InChI is InChI=1S/C26H39IN2/c1-20(2)14-22-10-9-11-23(16-22)17-29(18-24-12-7-8-13-26(24)27)25(15-21(3)4)19-28(5)6/h7-13,16,20-21,25H,14-15,17-19H2,1-6H3/t25-/m0/s1. The summed E-state index contributed by atoms with van der Waals surface area (Å²) in [4.78, 5) is 5.04. The van der Waals surface area contributed by atoms with Crippen LogP contribution < -0.4 is 0 Å². The van der Waals surface area contributed by atoms with E-state index < -0.39 is 0 Å². The molecule has 0 heterocycles. The van der Waals surface area contributed by atoms with Gasteiger partial charge in [-0.25, -0.2) is 0 Å². The van der Waals surface area contributed by atoms with Crippen molar-refractivity contribution in [2.45, 2.75) is 59.7 Å². The molecule has 0 bridgehead atoms. The number of benzene rings is 2. The highest BCUT2D eigenvalue weighted by molar-refractivity contribution is 14.1. The highest BCUT2D eigenvalue weighted by Crippen LogP contribution is 2.22. The molecule has 0 saturated carbocycles. The van der Waals surface area contributed by atoms with E-state index in [1.165, 1.54) is 26.7 Å². The highest BCUT2D eigenvalue weighted by atomic mass is 127. The molecule has 0 aliphatic carbocycles. The van der Waals surface area contributed by atoms with Crippen molar-refractivity contribution >= 4 is 22.6 Å². The molecule has 1 atom stereocenters. The van der Waals surface area contributed by atoms with Crippen LogP contribution in [0.5, 0.6) is 0 Å². The molecule has 2 rings (SSSR count). The Morgan fingerprint density at radius 2 is 1.52 bits per heavy atom. The maximum absolute atomic E-state index is 2.70. The molecule has 0 fully saturated rings. The van der Waals surface area contributed by atoms with Crippen molar-refractivity contribution < 1.29 is 0 Å². The van der Waals surface area contributed by atoms with E-state index in [0.29, 0.717) is 17.9 Å². The molecular formula is C26H39IN2. The van der Waals surface area contributed by atoms with Crippen LogP contribution in [0.3, 0.4) is 0 Å². The van der Waals surface area contributed by atoms with Crippen molar-refractivity contribution in [3.63, 3.8) is 0 Å². The first-order valence-corrected chi connectivity index (χ1v) is 12.0. The van der Waals surface area contributed by atoms with Gasteiger partial charge in [-0.15, -0.1) is 0 Å². The van der Waals surface area contributed by atoms with Gasteiger partial charge in [0.1, 0.15) is 0 Å². The van der Waals surface area contributed by atoms with Gasteiger partial charge in [-0.3, -0.25) is 4.90 Å². The van der Waals surface area contributed by atoms with E-state index in [1.807, 2.05) is 0 Å². The highest BCUT2D eigenvalue weighted by Gasteiger charge is 2.22. The fraction of sp³-hybridized carbons (Fsp3) is 0.538. The van der Waals surface area contributed by atoms with Crippen LogP contribution in [0.15, 0.2) is 48.5 Å². The lowest BCUT2D eigenvalue weighted by atomic mass is 9.98. The van der Waals surface area contributed by atoms with Gasteiger partial charge in [0, 0.05) is 29.2 Å². The number of likely N-dealkylation sites (N-methyl/N-ethyl adjacent to an activating group) is 1. The van der Waals surface area contributed by atoms with Crippen LogP contribution >= 0.6 is 22.6 Å². The zero-order valence-corrected chi connectivity index (χ0v) is 21.3. The molecule has 2 nitrogen and oxygen atoms in total. The largest absolute Gasteiger partial charge is 0.308 e. The molecule has 0 aliphatic heterocycles. The first kappa shape index (κ1) is 24.4. The monoisotopic (exact) mass is 506 g/mol. The lowest BCUT2D eigenvalue weighted by Gasteiger charge is -2.35. The van der Waals surface area contributed by atoms with E-state index in [0.717, 1.165) is 26.1 Å². The summed E-state index contributed by atoms with van der Waals surface area (Å²) in [7, 11) is 4.39. The van der Waals surface area contributed by atoms with Gasteiger partial charge in [-0.05, 0) is 84.1 Å². The molecule has 0 N–H and O–H groups in total. The Morgan fingerprint density at radius 3 is 2.14 bits per heavy atom. The Kier molecular flexibility index (Phi) is 10.1. The van der Waals surface area contributed by atoms with Crippen molar-refractivity contribution in [3.8, 4) is 0 Å². The Labute approximate surface area is 192 Å². The summed E-state index contributed by atoms with van der Waals surface area (Å²) in [6, 6.07) is 18.6. The number of halogens is 1.